The van der Waals surface area contributed by atoms with Crippen LogP contribution in [0.2, 0.25) is 0 Å². The van der Waals surface area contributed by atoms with Crippen LogP contribution in [0.25, 0.3) is 0 Å². The van der Waals surface area contributed by atoms with Gasteiger partial charge in [-0.2, -0.15) is 0 Å². The van der Waals surface area contributed by atoms with Gasteiger partial charge in [-0.1, -0.05) is 12.7 Å². The number of nitrogens with zero attached hydrogens (tertiary/aromatic N) is 1. The lowest BCUT2D eigenvalue weighted by Crippen LogP contribution is -2.17. The van der Waals surface area contributed by atoms with Crippen molar-refractivity contribution in [2.24, 2.45) is 0 Å². The summed E-state index contributed by atoms with van der Waals surface area (Å²) in [7, 11) is 0. The first kappa shape index (κ1) is 12.3. The Hall–Kier alpha value is -0.740. The van der Waals surface area contributed by atoms with E-state index in [1.807, 2.05) is 0 Å². The second-order valence-corrected chi connectivity index (χ2v) is 4.19. The summed E-state index contributed by atoms with van der Waals surface area (Å²) in [6.45, 7) is 7.37. The lowest BCUT2D eigenvalue weighted by molar-refractivity contribution is 0.580. The van der Waals surface area contributed by atoms with Crippen LogP contribution in [0.15, 0.2) is 36.3 Å². The molecule has 0 aromatic carbocycles. The number of halogens is 1. The fraction of sp³-hybridized carbons (Fsp3) is 0.455. The first-order valence-corrected chi connectivity index (χ1v) is 5.88. The highest BCUT2D eigenvalue weighted by molar-refractivity contribution is 7.95. The zero-order chi connectivity index (χ0) is 11.1. The molecule has 15 heavy (non-hydrogen) atoms. The minimum Gasteiger partial charge on any atom is -0.314 e. The molecule has 0 saturated carbocycles. The van der Waals surface area contributed by atoms with Crippen LogP contribution in [0.5, 0.6) is 0 Å². The van der Waals surface area contributed by atoms with E-state index in [2.05, 4.69) is 15.6 Å². The van der Waals surface area contributed by atoms with Gasteiger partial charge in [0.25, 0.3) is 0 Å². The lowest BCUT2D eigenvalue weighted by Gasteiger charge is -2.15. The zero-order valence-electron chi connectivity index (χ0n) is 9.00. The van der Waals surface area contributed by atoms with Crippen molar-refractivity contribution in [3.8, 4) is 0 Å². The van der Waals surface area contributed by atoms with Crippen LogP contribution in [0.1, 0.15) is 19.8 Å². The first-order chi connectivity index (χ1) is 7.27. The third-order valence-corrected chi connectivity index (χ3v) is 3.08. The molecule has 1 N–H and O–H groups in total. The quantitative estimate of drug-likeness (QED) is 0.574. The van der Waals surface area contributed by atoms with Gasteiger partial charge in [0.05, 0.1) is 5.70 Å². The molecule has 1 aliphatic heterocycles. The molecule has 1 aliphatic rings. The number of allylic oxidation sites excluding steroid dienone is 4. The molecule has 0 aromatic heterocycles. The van der Waals surface area contributed by atoms with Crippen LogP contribution in [0, 0.1) is 0 Å². The molecule has 0 radical (unpaired) electrons. The van der Waals surface area contributed by atoms with Crippen LogP contribution in [-0.2, 0) is 0 Å². The summed E-state index contributed by atoms with van der Waals surface area (Å²) in [5.41, 5.74) is 0.476. The fourth-order valence-corrected chi connectivity index (χ4v) is 2.16. The summed E-state index contributed by atoms with van der Waals surface area (Å²) in [5.74, 6) is -0.249. The van der Waals surface area contributed by atoms with Gasteiger partial charge in [-0.3, -0.25) is 0 Å². The Bertz CT molecular complexity index is 268. The number of hydrogen-bond acceptors (Lipinski definition) is 3. The molecule has 0 amide bonds. The maximum Gasteiger partial charge on any atom is 0.142 e. The van der Waals surface area contributed by atoms with Gasteiger partial charge in [-0.15, -0.1) is 0 Å². The number of nitrogens with one attached hydrogen (secondary N) is 1. The summed E-state index contributed by atoms with van der Waals surface area (Å²) >= 11 is 1.46. The SMILES string of the molecule is C=C/C=C(NSN1CCCC1)\C(F)=C/C. The molecule has 0 unspecified atom stereocenters. The van der Waals surface area contributed by atoms with Crippen molar-refractivity contribution in [3.63, 3.8) is 0 Å². The molecule has 1 rings (SSSR count). The first-order valence-electron chi connectivity index (χ1n) is 5.10. The Kier molecular flexibility index (Phi) is 5.50. The molecular weight excluding hydrogens is 211 g/mol. The number of hydrogen-bond donors (Lipinski definition) is 1. The maximum atomic E-state index is 13.3. The molecule has 0 aliphatic carbocycles. The Morgan fingerprint density at radius 3 is 2.67 bits per heavy atom. The molecule has 1 fully saturated rings. The normalized spacial score (nSPS) is 19.3. The van der Waals surface area contributed by atoms with Gasteiger partial charge < -0.3 is 4.72 Å². The van der Waals surface area contributed by atoms with E-state index >= 15 is 0 Å². The maximum absolute atomic E-state index is 13.3. The Balaban J connectivity index is 2.44. The van der Waals surface area contributed by atoms with E-state index in [9.17, 15) is 4.39 Å². The molecule has 0 aromatic rings. The molecule has 1 heterocycles. The highest BCUT2D eigenvalue weighted by Gasteiger charge is 2.13. The molecule has 0 spiro atoms. The van der Waals surface area contributed by atoms with Gasteiger partial charge in [0.15, 0.2) is 0 Å². The van der Waals surface area contributed by atoms with Crippen LogP contribution in [0.4, 0.5) is 4.39 Å². The van der Waals surface area contributed by atoms with Gasteiger partial charge in [-0.25, -0.2) is 8.70 Å². The van der Waals surface area contributed by atoms with E-state index in [1.54, 1.807) is 19.1 Å². The average molecular weight is 228 g/mol. The van der Waals surface area contributed by atoms with Crippen molar-refractivity contribution < 1.29 is 4.39 Å². The lowest BCUT2D eigenvalue weighted by atomic mass is 10.3. The third kappa shape index (κ3) is 4.10. The molecule has 84 valence electrons. The average Bonchev–Trinajstić information content (AvgIpc) is 2.76. The topological polar surface area (TPSA) is 15.3 Å². The summed E-state index contributed by atoms with van der Waals surface area (Å²) in [6.07, 6.45) is 7.10. The Morgan fingerprint density at radius 2 is 2.13 bits per heavy atom. The number of rotatable bonds is 5. The van der Waals surface area contributed by atoms with E-state index in [-0.39, 0.29) is 5.83 Å². The molecular formula is C11H17FN2S. The van der Waals surface area contributed by atoms with Crippen LogP contribution in [-0.4, -0.2) is 17.4 Å². The molecule has 4 heteroatoms. The second-order valence-electron chi connectivity index (χ2n) is 3.28. The highest BCUT2D eigenvalue weighted by atomic mass is 32.2. The van der Waals surface area contributed by atoms with Gasteiger partial charge in [0, 0.05) is 25.2 Å². The van der Waals surface area contributed by atoms with Crippen molar-refractivity contribution in [2.45, 2.75) is 19.8 Å². The van der Waals surface area contributed by atoms with E-state index in [4.69, 9.17) is 0 Å². The van der Waals surface area contributed by atoms with Crippen LogP contribution < -0.4 is 4.72 Å². The van der Waals surface area contributed by atoms with Gasteiger partial charge in [-0.05, 0) is 31.9 Å². The highest BCUT2D eigenvalue weighted by Crippen LogP contribution is 2.19. The summed E-state index contributed by atoms with van der Waals surface area (Å²) in [6, 6.07) is 0. The van der Waals surface area contributed by atoms with E-state index < -0.39 is 0 Å². The zero-order valence-corrected chi connectivity index (χ0v) is 9.82. The predicted molar refractivity (Wildman–Crippen MR) is 64.7 cm³/mol. The monoisotopic (exact) mass is 228 g/mol. The van der Waals surface area contributed by atoms with Crippen molar-refractivity contribution in [1.29, 1.82) is 0 Å². The summed E-state index contributed by atoms with van der Waals surface area (Å²) < 4.78 is 18.5. The van der Waals surface area contributed by atoms with Gasteiger partial charge in [0.2, 0.25) is 0 Å². The summed E-state index contributed by atoms with van der Waals surface area (Å²) in [4.78, 5) is 0. The fourth-order valence-electron chi connectivity index (χ4n) is 1.33. The van der Waals surface area contributed by atoms with Crippen molar-refractivity contribution in [2.75, 3.05) is 13.1 Å². The van der Waals surface area contributed by atoms with E-state index in [0.717, 1.165) is 13.1 Å². The van der Waals surface area contributed by atoms with E-state index in [0.29, 0.717) is 5.70 Å². The standard InChI is InChI=1S/C11H17FN2S/c1-3-7-11(10(12)4-2)13-15-14-8-5-6-9-14/h3-4,7,13H,1,5-6,8-9H2,2H3/b10-4+,11-7+. The molecule has 0 bridgehead atoms. The molecule has 1 saturated heterocycles. The second kappa shape index (κ2) is 6.69. The van der Waals surface area contributed by atoms with Crippen molar-refractivity contribution >= 4 is 12.1 Å². The van der Waals surface area contributed by atoms with Gasteiger partial charge in [0.1, 0.15) is 5.83 Å². The van der Waals surface area contributed by atoms with Crippen molar-refractivity contribution in [1.82, 2.24) is 9.03 Å². The van der Waals surface area contributed by atoms with Crippen molar-refractivity contribution in [3.05, 3.63) is 36.3 Å². The molecule has 2 nitrogen and oxygen atoms in total. The smallest absolute Gasteiger partial charge is 0.142 e. The summed E-state index contributed by atoms with van der Waals surface area (Å²) in [5, 5.41) is 0. The minimum absolute atomic E-state index is 0.249. The van der Waals surface area contributed by atoms with Gasteiger partial charge >= 0.3 is 0 Å². The largest absolute Gasteiger partial charge is 0.314 e. The minimum atomic E-state index is -0.249. The van der Waals surface area contributed by atoms with E-state index in [1.165, 1.54) is 31.1 Å². The Morgan fingerprint density at radius 1 is 1.47 bits per heavy atom. The predicted octanol–water partition coefficient (Wildman–Crippen LogP) is 3.18. The van der Waals surface area contributed by atoms with Crippen LogP contribution >= 0.6 is 12.1 Å². The molecule has 0 atom stereocenters. The third-order valence-electron chi connectivity index (χ3n) is 2.14. The van der Waals surface area contributed by atoms with Crippen LogP contribution in [0.3, 0.4) is 0 Å². The Labute approximate surface area is 95.2 Å².